The van der Waals surface area contributed by atoms with E-state index in [2.05, 4.69) is 4.85 Å². The Bertz CT molecular complexity index is 1440. The number of pyridine rings is 1. The molecule has 4 rings (SSSR count). The first-order valence-electron chi connectivity index (χ1n) is 11.2. The quantitative estimate of drug-likeness (QED) is 0.273. The first kappa shape index (κ1) is 15.8. The third-order valence-corrected chi connectivity index (χ3v) is 5.13. The van der Waals surface area contributed by atoms with Gasteiger partial charge in [0.05, 0.1) is 12.1 Å². The van der Waals surface area contributed by atoms with Crippen LogP contribution in [0, 0.1) is 25.8 Å². The molecule has 0 fully saturated rings. The minimum atomic E-state index is -1.66. The van der Waals surface area contributed by atoms with Crippen LogP contribution in [-0.2, 0) is 13.4 Å². The molecule has 0 atom stereocenters. The Labute approximate surface area is 176 Å². The fourth-order valence-corrected chi connectivity index (χ4v) is 3.82. The molecule has 0 aliphatic heterocycles. The van der Waals surface area contributed by atoms with E-state index in [1.54, 1.807) is 17.7 Å². The summed E-state index contributed by atoms with van der Waals surface area (Å²) in [6, 6.07) is 11.6. The first-order chi connectivity index (χ1) is 14.9. The number of rotatable bonds is 2. The normalized spacial score (nSPS) is 13.9. The second-order valence-electron chi connectivity index (χ2n) is 8.63. The Hall–Kier alpha value is -3.12. The van der Waals surface area contributed by atoms with Crippen molar-refractivity contribution in [2.45, 2.75) is 41.0 Å². The summed E-state index contributed by atoms with van der Waals surface area (Å²) in [7, 11) is 1.79. The molecule has 0 amide bonds. The Balaban J connectivity index is 2.05. The molecule has 0 radical (unpaired) electrons. The molecule has 0 unspecified atom stereocenters. The summed E-state index contributed by atoms with van der Waals surface area (Å²) >= 11 is 0. The van der Waals surface area contributed by atoms with Crippen molar-refractivity contribution in [3.63, 3.8) is 0 Å². The molecule has 29 heavy (non-hydrogen) atoms. The van der Waals surface area contributed by atoms with Gasteiger partial charge in [0.15, 0.2) is 6.17 Å². The monoisotopic (exact) mass is 386 g/mol. The number of aromatic nitrogens is 1. The van der Waals surface area contributed by atoms with Crippen LogP contribution in [-0.4, -0.2) is 0 Å². The molecule has 4 aromatic rings. The smallest absolute Gasteiger partial charge is 0.232 e. The molecule has 146 valence electrons. The zero-order valence-corrected chi connectivity index (χ0v) is 17.8. The maximum absolute atomic E-state index is 8.75. The summed E-state index contributed by atoms with van der Waals surface area (Å²) in [5.41, 5.74) is 4.96. The molecule has 0 spiro atoms. The molecule has 0 saturated heterocycles. The van der Waals surface area contributed by atoms with Crippen molar-refractivity contribution in [3.05, 3.63) is 70.7 Å². The van der Waals surface area contributed by atoms with Crippen LogP contribution < -0.4 is 4.57 Å². The van der Waals surface area contributed by atoms with Gasteiger partial charge in [-0.3, -0.25) is 0 Å². The third kappa shape index (κ3) is 3.29. The maximum atomic E-state index is 8.75. The van der Waals surface area contributed by atoms with Gasteiger partial charge in [-0.25, -0.2) is 9.41 Å². The highest BCUT2D eigenvalue weighted by Gasteiger charge is 2.23. The van der Waals surface area contributed by atoms with E-state index in [4.69, 9.17) is 15.1 Å². The van der Waals surface area contributed by atoms with Gasteiger partial charge in [0, 0.05) is 25.1 Å². The van der Waals surface area contributed by atoms with E-state index >= 15 is 0 Å². The summed E-state index contributed by atoms with van der Waals surface area (Å²) < 4.78 is 34.0. The van der Waals surface area contributed by atoms with Crippen molar-refractivity contribution in [3.8, 4) is 11.3 Å². The number of hydrogen-bond donors (Lipinski definition) is 0. The van der Waals surface area contributed by atoms with Crippen LogP contribution in [0.15, 0.2) is 47.0 Å². The minimum absolute atomic E-state index is 0.132. The zero-order valence-electron chi connectivity index (χ0n) is 20.8. The summed E-state index contributed by atoms with van der Waals surface area (Å²) in [4.78, 5) is 3.69. The molecule has 0 aliphatic rings. The van der Waals surface area contributed by atoms with Crippen molar-refractivity contribution >= 4 is 27.6 Å². The lowest BCUT2D eigenvalue weighted by Crippen LogP contribution is -2.32. The average molecular weight is 387 g/mol. The standard InChI is InChI=1S/C26H27N2O/c1-16-8-11-19-20-12-9-17(2)23(27-6)25(20)29-24(19)22(16)21-13-10-18(15-28(21)7)14-26(3,4)5/h8-13,15H,14H2,1-5,7H3/q+1/i14D2,15D. The van der Waals surface area contributed by atoms with Gasteiger partial charge in [-0.2, -0.15) is 0 Å². The van der Waals surface area contributed by atoms with Gasteiger partial charge in [-0.05, 0) is 42.8 Å². The van der Waals surface area contributed by atoms with Crippen molar-refractivity contribution in [2.75, 3.05) is 0 Å². The second kappa shape index (κ2) is 6.74. The molecule has 2 aromatic heterocycles. The van der Waals surface area contributed by atoms with Crippen molar-refractivity contribution in [2.24, 2.45) is 12.5 Å². The number of aryl methyl sites for hydroxylation is 2. The Morgan fingerprint density at radius 3 is 2.34 bits per heavy atom. The lowest BCUT2D eigenvalue weighted by Gasteiger charge is -2.17. The molecule has 0 saturated carbocycles. The van der Waals surface area contributed by atoms with E-state index in [-0.39, 0.29) is 6.17 Å². The molecular formula is C26H27N2O+. The number of furan rings is 1. The van der Waals surface area contributed by atoms with Crippen LogP contribution in [0.25, 0.3) is 38.0 Å². The topological polar surface area (TPSA) is 21.4 Å². The molecule has 3 heteroatoms. The van der Waals surface area contributed by atoms with E-state index in [1.807, 2.05) is 65.0 Å². The molecule has 3 nitrogen and oxygen atoms in total. The number of nitrogens with zero attached hydrogens (tertiary/aromatic N) is 2. The van der Waals surface area contributed by atoms with Gasteiger partial charge in [0.1, 0.15) is 19.6 Å². The van der Waals surface area contributed by atoms with E-state index in [1.165, 1.54) is 0 Å². The van der Waals surface area contributed by atoms with Gasteiger partial charge < -0.3 is 4.42 Å². The van der Waals surface area contributed by atoms with Gasteiger partial charge in [0.2, 0.25) is 11.4 Å². The Morgan fingerprint density at radius 1 is 1.03 bits per heavy atom. The highest BCUT2D eigenvalue weighted by molar-refractivity contribution is 6.13. The summed E-state index contributed by atoms with van der Waals surface area (Å²) in [6.45, 7) is 17.0. The second-order valence-corrected chi connectivity index (χ2v) is 8.63. The highest BCUT2D eigenvalue weighted by atomic mass is 16.3. The molecule has 2 aromatic carbocycles. The number of benzene rings is 2. The highest BCUT2D eigenvalue weighted by Crippen LogP contribution is 2.41. The van der Waals surface area contributed by atoms with E-state index in [9.17, 15) is 0 Å². The van der Waals surface area contributed by atoms with Gasteiger partial charge >= 0.3 is 0 Å². The fraction of sp³-hybridized carbons (Fsp3) is 0.308. The lowest BCUT2D eigenvalue weighted by atomic mass is 9.88. The van der Waals surface area contributed by atoms with Crippen LogP contribution in [0.1, 0.15) is 41.6 Å². The summed E-state index contributed by atoms with van der Waals surface area (Å²) in [5.74, 6) is 0. The largest absolute Gasteiger partial charge is 0.466 e. The maximum Gasteiger partial charge on any atom is 0.232 e. The van der Waals surface area contributed by atoms with E-state index in [0.717, 1.165) is 33.2 Å². The molecule has 0 N–H and O–H groups in total. The van der Waals surface area contributed by atoms with Crippen LogP contribution >= 0.6 is 0 Å². The van der Waals surface area contributed by atoms with E-state index in [0.29, 0.717) is 22.4 Å². The average Bonchev–Trinajstić information content (AvgIpc) is 3.07. The van der Waals surface area contributed by atoms with Crippen LogP contribution in [0.4, 0.5) is 5.69 Å². The van der Waals surface area contributed by atoms with Gasteiger partial charge in [-0.1, -0.05) is 45.0 Å². The third-order valence-electron chi connectivity index (χ3n) is 5.13. The Morgan fingerprint density at radius 2 is 1.69 bits per heavy atom. The summed E-state index contributed by atoms with van der Waals surface area (Å²) in [6.07, 6.45) is -1.53. The SMILES string of the molecule is [2H]c1c(C([2H])([2H])C(C)(C)C)ccc(-c2c(C)ccc3c2oc2c([N+]#[C-])c(C)ccc23)[n+]1C. The van der Waals surface area contributed by atoms with Gasteiger partial charge in [0.25, 0.3) is 0 Å². The van der Waals surface area contributed by atoms with Gasteiger partial charge in [-0.15, -0.1) is 0 Å². The van der Waals surface area contributed by atoms with Crippen LogP contribution in [0.3, 0.4) is 0 Å². The fourth-order valence-electron chi connectivity index (χ4n) is 3.82. The van der Waals surface area contributed by atoms with Crippen molar-refractivity contribution in [1.82, 2.24) is 0 Å². The number of hydrogen-bond acceptors (Lipinski definition) is 1. The van der Waals surface area contributed by atoms with Crippen LogP contribution in [0.5, 0.6) is 0 Å². The predicted molar refractivity (Wildman–Crippen MR) is 119 cm³/mol. The molecule has 0 bridgehead atoms. The minimum Gasteiger partial charge on any atom is -0.466 e. The number of fused-ring (bicyclic) bond motifs is 3. The molecule has 0 aliphatic carbocycles. The first-order valence-corrected chi connectivity index (χ1v) is 9.73. The van der Waals surface area contributed by atoms with E-state index < -0.39 is 11.8 Å². The van der Waals surface area contributed by atoms with Crippen LogP contribution in [0.2, 0.25) is 0 Å². The molecule has 2 heterocycles. The zero-order chi connectivity index (χ0) is 23.6. The predicted octanol–water partition coefficient (Wildman–Crippen LogP) is 6.83. The van der Waals surface area contributed by atoms with Crippen molar-refractivity contribution < 1.29 is 13.1 Å². The Kier molecular flexibility index (Phi) is 3.66. The lowest BCUT2D eigenvalue weighted by molar-refractivity contribution is -0.660. The summed E-state index contributed by atoms with van der Waals surface area (Å²) in [5, 5.41) is 1.82. The van der Waals surface area contributed by atoms with Crippen molar-refractivity contribution in [1.29, 1.82) is 0 Å². The molecular weight excluding hydrogens is 356 g/mol.